The number of hydrogen-bond donors (Lipinski definition) is 2. The van der Waals surface area contributed by atoms with E-state index in [2.05, 4.69) is 10.3 Å². The highest BCUT2D eigenvalue weighted by Gasteiger charge is 2.35. The van der Waals surface area contributed by atoms with Crippen molar-refractivity contribution < 1.29 is 25.0 Å². The molecule has 2 aliphatic rings. The number of fused-ring (bicyclic) bond motifs is 2. The van der Waals surface area contributed by atoms with E-state index in [4.69, 9.17) is 15.8 Å². The second-order valence-electron chi connectivity index (χ2n) is 6.30. The molecule has 2 N–H and O–H groups in total. The van der Waals surface area contributed by atoms with Crippen molar-refractivity contribution in [1.82, 2.24) is 20.3 Å². The fourth-order valence-electron chi connectivity index (χ4n) is 3.76. The third kappa shape index (κ3) is 2.59. The summed E-state index contributed by atoms with van der Waals surface area (Å²) in [5.41, 5.74) is 2.08. The van der Waals surface area contributed by atoms with Crippen LogP contribution in [-0.2, 0) is 11.3 Å². The number of likely N-dealkylation sites (N-methyl/N-ethyl adjacent to an activating group) is 1. The van der Waals surface area contributed by atoms with Gasteiger partial charge in [-0.15, -0.1) is 0 Å². The number of urea groups is 1. The highest BCUT2D eigenvalue weighted by molar-refractivity contribution is 5.98. The molecule has 26 heavy (non-hydrogen) atoms. The number of amides is 2. The number of nitrogens with one attached hydrogen (secondary N) is 2. The first kappa shape index (κ1) is 10.1. The lowest BCUT2D eigenvalue weighted by atomic mass is 9.81. The van der Waals surface area contributed by atoms with Crippen LogP contribution in [0.5, 0.6) is 0 Å². The molecule has 0 saturated carbocycles. The first-order chi connectivity index (χ1) is 15.7. The van der Waals surface area contributed by atoms with Crippen LogP contribution in [0.3, 0.4) is 0 Å². The van der Waals surface area contributed by atoms with E-state index in [0.29, 0.717) is 22.9 Å². The summed E-state index contributed by atoms with van der Waals surface area (Å²) in [5.74, 6) is -0.543. The van der Waals surface area contributed by atoms with Gasteiger partial charge in [0, 0.05) is 50.0 Å². The normalized spacial score (nSPS) is 28.2. The fourth-order valence-corrected chi connectivity index (χ4v) is 3.76. The Balaban J connectivity index is 1.75. The van der Waals surface area contributed by atoms with E-state index in [1.807, 2.05) is 0 Å². The van der Waals surface area contributed by atoms with Gasteiger partial charge in [0.15, 0.2) is 0 Å². The van der Waals surface area contributed by atoms with Crippen LogP contribution in [0.4, 0.5) is 9.18 Å². The molecule has 1 aliphatic heterocycles. The Labute approximate surface area is 162 Å². The van der Waals surface area contributed by atoms with Gasteiger partial charge in [-0.1, -0.05) is 6.08 Å². The molecule has 1 aliphatic carbocycles. The van der Waals surface area contributed by atoms with Gasteiger partial charge in [0.25, 0.3) is 0 Å². The highest BCUT2D eigenvalue weighted by atomic mass is 19.1. The summed E-state index contributed by atoms with van der Waals surface area (Å²) in [7, 11) is 0.942. The van der Waals surface area contributed by atoms with Gasteiger partial charge in [0.2, 0.25) is 0 Å². The molecule has 138 valence electrons. The van der Waals surface area contributed by atoms with Gasteiger partial charge in [-0.2, -0.15) is 0 Å². The number of halogens is 1. The average Bonchev–Trinajstić information content (AvgIpc) is 3.11. The number of carbonyl (C=O) groups is 1. The number of H-pyrrole nitrogens is 1. The molecule has 0 bridgehead atoms. The van der Waals surface area contributed by atoms with E-state index >= 15 is 4.39 Å². The molecular weight excluding hydrogens is 335 g/mol. The lowest BCUT2D eigenvalue weighted by Crippen LogP contribution is -2.52. The van der Waals surface area contributed by atoms with Gasteiger partial charge >= 0.3 is 6.03 Å². The lowest BCUT2D eigenvalue weighted by molar-refractivity contribution is -0.0828. The molecular formula is C19H23FN4O2. The standard InChI is InChI=1S/C19H23FN4O2/c1-4-24(26-3)19(25)22-12-8-13-16(23(2)10-12)7-11-9-21-15-6-5-14(20)18(13)17(11)15/h5-6,8-9,12,16,21H,4,7,10H2,1-3H3,(H,22,25)/t12-,16+/m0/s1/i1D3,2D3,4D2. The Hall–Kier alpha value is -2.38. The molecule has 0 fully saturated rings. The number of benzene rings is 1. The minimum atomic E-state index is -3.21. The van der Waals surface area contributed by atoms with E-state index in [1.54, 1.807) is 12.3 Å². The van der Waals surface area contributed by atoms with Crippen LogP contribution in [-0.4, -0.2) is 60.2 Å². The summed E-state index contributed by atoms with van der Waals surface area (Å²) in [5, 5.41) is 3.11. The summed E-state index contributed by atoms with van der Waals surface area (Å²) in [6.45, 7) is -9.15. The number of aromatic amines is 1. The van der Waals surface area contributed by atoms with Crippen LogP contribution in [0.2, 0.25) is 0 Å². The van der Waals surface area contributed by atoms with Crippen LogP contribution in [0.15, 0.2) is 24.4 Å². The zero-order valence-corrected chi connectivity index (χ0v) is 14.0. The second kappa shape index (κ2) is 6.41. The zero-order valence-electron chi connectivity index (χ0n) is 22.0. The van der Waals surface area contributed by atoms with Gasteiger partial charge in [-0.05, 0) is 43.5 Å². The SMILES string of the molecule is [2H]C([2H])([2H])N1C[C@@H](NC(=O)N(OC)C([2H])([2H])C([2H])([2H])[2H])C=C2c3c(F)ccc4[nH]cc(c34)C[C@H]21. The van der Waals surface area contributed by atoms with Crippen molar-refractivity contribution >= 4 is 22.5 Å². The molecule has 2 amide bonds. The van der Waals surface area contributed by atoms with Crippen LogP contribution in [0, 0.1) is 5.82 Å². The van der Waals surface area contributed by atoms with Gasteiger partial charge in [-0.25, -0.2) is 14.2 Å². The Morgan fingerprint density at radius 1 is 1.62 bits per heavy atom. The third-order valence-electron chi connectivity index (χ3n) is 4.87. The number of rotatable bonds is 3. The van der Waals surface area contributed by atoms with Crippen molar-refractivity contribution in [3.63, 3.8) is 0 Å². The summed E-state index contributed by atoms with van der Waals surface area (Å²) in [6.07, 6.45) is 3.58. The maximum absolute atomic E-state index is 15.0. The Kier molecular flexibility index (Phi) is 2.49. The predicted octanol–water partition coefficient (Wildman–Crippen LogP) is 2.52. The average molecular weight is 366 g/mol. The Bertz CT molecular complexity index is 1160. The van der Waals surface area contributed by atoms with Crippen molar-refractivity contribution in [2.45, 2.75) is 25.4 Å². The minimum absolute atomic E-state index is 0.0523. The largest absolute Gasteiger partial charge is 0.361 e. The molecule has 0 unspecified atom stereocenters. The van der Waals surface area contributed by atoms with E-state index < -0.39 is 44.3 Å². The molecule has 2 aromatic rings. The van der Waals surface area contributed by atoms with Crippen LogP contribution < -0.4 is 5.32 Å². The molecule has 1 aromatic heterocycles. The summed E-state index contributed by atoms with van der Waals surface area (Å²) < 4.78 is 76.8. The maximum atomic E-state index is 15.0. The smallest absolute Gasteiger partial charge is 0.341 e. The van der Waals surface area contributed by atoms with Crippen molar-refractivity contribution in [3.05, 3.63) is 41.3 Å². The van der Waals surface area contributed by atoms with Crippen molar-refractivity contribution in [1.29, 1.82) is 0 Å². The van der Waals surface area contributed by atoms with E-state index in [1.165, 1.54) is 17.0 Å². The highest BCUT2D eigenvalue weighted by Crippen LogP contribution is 2.41. The van der Waals surface area contributed by atoms with E-state index in [0.717, 1.165) is 12.7 Å². The van der Waals surface area contributed by atoms with Crippen molar-refractivity contribution in [2.75, 3.05) is 27.1 Å². The summed E-state index contributed by atoms with van der Waals surface area (Å²) in [4.78, 5) is 21.8. The van der Waals surface area contributed by atoms with Gasteiger partial charge in [0.1, 0.15) is 5.82 Å². The van der Waals surface area contributed by atoms with Crippen LogP contribution >= 0.6 is 0 Å². The van der Waals surface area contributed by atoms with Crippen molar-refractivity contribution in [2.24, 2.45) is 0 Å². The Morgan fingerprint density at radius 3 is 3.27 bits per heavy atom. The second-order valence-corrected chi connectivity index (χ2v) is 6.30. The molecule has 0 spiro atoms. The van der Waals surface area contributed by atoms with Gasteiger partial charge < -0.3 is 10.3 Å². The fraction of sp³-hybridized carbons (Fsp3) is 0.421. The molecule has 1 aromatic carbocycles. The molecule has 6 nitrogen and oxygen atoms in total. The zero-order chi connectivity index (χ0) is 25.2. The Morgan fingerprint density at radius 2 is 2.50 bits per heavy atom. The van der Waals surface area contributed by atoms with E-state index in [9.17, 15) is 4.79 Å². The topological polar surface area (TPSA) is 60.6 Å². The van der Waals surface area contributed by atoms with Crippen LogP contribution in [0.25, 0.3) is 16.5 Å². The van der Waals surface area contributed by atoms with Gasteiger partial charge in [-0.3, -0.25) is 9.74 Å². The monoisotopic (exact) mass is 366 g/mol. The number of hydrogen-bond acceptors (Lipinski definition) is 3. The lowest BCUT2D eigenvalue weighted by Gasteiger charge is -2.40. The quantitative estimate of drug-likeness (QED) is 0.821. The molecule has 2 heterocycles. The molecule has 7 heteroatoms. The third-order valence-corrected chi connectivity index (χ3v) is 4.87. The number of aromatic nitrogens is 1. The van der Waals surface area contributed by atoms with Gasteiger partial charge in [0.05, 0.1) is 15.9 Å². The molecule has 2 atom stereocenters. The first-order valence-electron chi connectivity index (χ1n) is 12.1. The predicted molar refractivity (Wildman–Crippen MR) is 98.1 cm³/mol. The number of hydroxylamine groups is 2. The minimum Gasteiger partial charge on any atom is -0.361 e. The number of nitrogens with zero attached hydrogens (tertiary/aromatic N) is 2. The van der Waals surface area contributed by atoms with Crippen LogP contribution in [0.1, 0.15) is 28.9 Å². The molecule has 0 radical (unpaired) electrons. The summed E-state index contributed by atoms with van der Waals surface area (Å²) in [6, 6.07) is -0.0298. The summed E-state index contributed by atoms with van der Waals surface area (Å²) >= 11 is 0. The molecule has 4 rings (SSSR count). The molecule has 0 saturated heterocycles. The van der Waals surface area contributed by atoms with E-state index in [-0.39, 0.29) is 17.2 Å². The number of carbonyl (C=O) groups excluding carboxylic acids is 1. The van der Waals surface area contributed by atoms with Crippen molar-refractivity contribution in [3.8, 4) is 0 Å². The maximum Gasteiger partial charge on any atom is 0.341 e. The first-order valence-corrected chi connectivity index (χ1v) is 8.09.